The van der Waals surface area contributed by atoms with Gasteiger partial charge in [0.15, 0.2) is 0 Å². The lowest BCUT2D eigenvalue weighted by Crippen LogP contribution is -2.37. The predicted octanol–water partition coefficient (Wildman–Crippen LogP) is 2.52. The van der Waals surface area contributed by atoms with Gasteiger partial charge in [0.05, 0.1) is 13.0 Å². The zero-order valence-electron chi connectivity index (χ0n) is 9.94. The molecule has 19 heavy (non-hydrogen) atoms. The highest BCUT2D eigenvalue weighted by atomic mass is 35.5. The number of hydrogen-bond acceptors (Lipinski definition) is 4. The van der Waals surface area contributed by atoms with Crippen molar-refractivity contribution in [3.63, 3.8) is 0 Å². The van der Waals surface area contributed by atoms with E-state index in [9.17, 15) is 9.59 Å². The summed E-state index contributed by atoms with van der Waals surface area (Å²) in [5, 5.41) is 12.6. The van der Waals surface area contributed by atoms with Gasteiger partial charge < -0.3 is 15.2 Å². The molecule has 0 saturated heterocycles. The summed E-state index contributed by atoms with van der Waals surface area (Å²) in [6, 6.07) is 2.18. The van der Waals surface area contributed by atoms with Crippen molar-refractivity contribution in [3.05, 3.63) is 27.7 Å². The average Bonchev–Trinajstić information content (AvgIpc) is 2.35. The Morgan fingerprint density at radius 2 is 2.11 bits per heavy atom. The number of halogens is 2. The maximum absolute atomic E-state index is 11.8. The molecule has 1 aliphatic rings. The first-order valence-corrected chi connectivity index (χ1v) is 6.25. The lowest BCUT2D eigenvalue weighted by atomic mass is 9.87. The predicted molar refractivity (Wildman–Crippen MR) is 70.9 cm³/mol. The number of carboxylic acids is 1. The first-order chi connectivity index (χ1) is 8.93. The molecule has 102 valence electrons. The van der Waals surface area contributed by atoms with Gasteiger partial charge in [-0.05, 0) is 18.6 Å². The second-order valence-corrected chi connectivity index (χ2v) is 5.04. The quantitative estimate of drug-likeness (QED) is 0.821. The normalized spacial score (nSPS) is 21.2. The van der Waals surface area contributed by atoms with E-state index in [2.05, 4.69) is 5.32 Å². The van der Waals surface area contributed by atoms with Crippen LogP contribution >= 0.6 is 23.2 Å². The lowest BCUT2D eigenvalue weighted by molar-refractivity contribution is -0.143. The first-order valence-electron chi connectivity index (χ1n) is 5.50. The number of hydrogen-bond donors (Lipinski definition) is 2. The van der Waals surface area contributed by atoms with E-state index in [-0.39, 0.29) is 6.42 Å². The minimum absolute atomic E-state index is 0.0797. The van der Waals surface area contributed by atoms with Crippen LogP contribution in [0.1, 0.15) is 17.9 Å². The Morgan fingerprint density at radius 1 is 1.42 bits per heavy atom. The van der Waals surface area contributed by atoms with Crippen molar-refractivity contribution < 1.29 is 19.4 Å². The molecular weight excluding hydrogens is 293 g/mol. The Kier molecular flexibility index (Phi) is 3.87. The summed E-state index contributed by atoms with van der Waals surface area (Å²) in [7, 11) is 1.25. The molecule has 0 bridgehead atoms. The van der Waals surface area contributed by atoms with Gasteiger partial charge in [0, 0.05) is 21.3 Å². The molecular formula is C12H11Cl2NO4. The number of esters is 1. The van der Waals surface area contributed by atoms with Gasteiger partial charge in [0.2, 0.25) is 0 Å². The number of carboxylic acid groups (broad SMARTS) is 1. The van der Waals surface area contributed by atoms with Crippen molar-refractivity contribution in [2.75, 3.05) is 12.4 Å². The van der Waals surface area contributed by atoms with Gasteiger partial charge in [-0.2, -0.15) is 0 Å². The molecule has 1 aliphatic heterocycles. The summed E-state index contributed by atoms with van der Waals surface area (Å²) in [6.07, 6.45) is 0.0797. The monoisotopic (exact) mass is 303 g/mol. The molecule has 0 spiro atoms. The van der Waals surface area contributed by atoms with Crippen LogP contribution in [-0.2, 0) is 14.3 Å². The van der Waals surface area contributed by atoms with E-state index < -0.39 is 23.9 Å². The Hall–Kier alpha value is -1.46. The van der Waals surface area contributed by atoms with Crippen LogP contribution < -0.4 is 5.32 Å². The fourth-order valence-corrected chi connectivity index (χ4v) is 2.80. The van der Waals surface area contributed by atoms with Gasteiger partial charge in [-0.1, -0.05) is 23.2 Å². The van der Waals surface area contributed by atoms with E-state index >= 15 is 0 Å². The van der Waals surface area contributed by atoms with Crippen molar-refractivity contribution in [1.29, 1.82) is 0 Å². The highest BCUT2D eigenvalue weighted by Crippen LogP contribution is 2.41. The van der Waals surface area contributed by atoms with Crippen molar-refractivity contribution in [2.45, 2.75) is 18.4 Å². The van der Waals surface area contributed by atoms with Gasteiger partial charge in [-0.25, -0.2) is 4.79 Å². The molecule has 0 radical (unpaired) electrons. The van der Waals surface area contributed by atoms with Crippen LogP contribution in [-0.4, -0.2) is 30.2 Å². The van der Waals surface area contributed by atoms with E-state index in [1.165, 1.54) is 13.2 Å². The second kappa shape index (κ2) is 5.27. The third-order valence-electron chi connectivity index (χ3n) is 3.03. The Bertz CT molecular complexity index is 547. The molecule has 2 N–H and O–H groups in total. The Morgan fingerprint density at radius 3 is 2.68 bits per heavy atom. The third-order valence-corrected chi connectivity index (χ3v) is 3.56. The van der Waals surface area contributed by atoms with E-state index in [1.807, 2.05) is 0 Å². The van der Waals surface area contributed by atoms with Gasteiger partial charge in [-0.3, -0.25) is 4.79 Å². The summed E-state index contributed by atoms with van der Waals surface area (Å²) >= 11 is 12.0. The highest BCUT2D eigenvalue weighted by molar-refractivity contribution is 6.36. The van der Waals surface area contributed by atoms with Gasteiger partial charge in [-0.15, -0.1) is 0 Å². The van der Waals surface area contributed by atoms with E-state index in [0.29, 0.717) is 21.3 Å². The maximum atomic E-state index is 11.8. The molecule has 0 aliphatic carbocycles. The topological polar surface area (TPSA) is 75.6 Å². The van der Waals surface area contributed by atoms with Crippen molar-refractivity contribution in [3.8, 4) is 0 Å². The molecule has 0 saturated carbocycles. The van der Waals surface area contributed by atoms with E-state index in [4.69, 9.17) is 33.0 Å². The lowest BCUT2D eigenvalue weighted by Gasteiger charge is -2.30. The summed E-state index contributed by atoms with van der Waals surface area (Å²) in [5.74, 6) is -2.28. The molecule has 1 aromatic rings. The first kappa shape index (κ1) is 14.0. The standard InChI is InChI=1S/C12H11Cl2NO4/c1-19-12(18)6-4-9(11(16)17)15-8-3-5(13)2-7(14)10(6)8/h2-3,6,9,15H,4H2,1H3,(H,16,17)/t6-,9+/m0/s1. The zero-order valence-corrected chi connectivity index (χ0v) is 11.5. The minimum atomic E-state index is -1.05. The van der Waals surface area contributed by atoms with Crippen LogP contribution in [0.2, 0.25) is 10.0 Å². The summed E-state index contributed by atoms with van der Waals surface area (Å²) < 4.78 is 4.71. The molecule has 2 atom stereocenters. The van der Waals surface area contributed by atoms with Crippen LogP contribution in [0.3, 0.4) is 0 Å². The number of fused-ring (bicyclic) bond motifs is 1. The van der Waals surface area contributed by atoms with Crippen LogP contribution in [0.4, 0.5) is 5.69 Å². The van der Waals surface area contributed by atoms with Gasteiger partial charge in [0.1, 0.15) is 6.04 Å². The largest absolute Gasteiger partial charge is 0.480 e. The Balaban J connectivity index is 2.53. The number of nitrogens with one attached hydrogen (secondary N) is 1. The number of aliphatic carboxylic acids is 1. The smallest absolute Gasteiger partial charge is 0.326 e. The van der Waals surface area contributed by atoms with Gasteiger partial charge in [0.25, 0.3) is 0 Å². The number of carbonyl (C=O) groups excluding carboxylic acids is 1. The number of carbonyl (C=O) groups is 2. The molecule has 0 aromatic heterocycles. The summed E-state index contributed by atoms with van der Waals surface area (Å²) in [5.41, 5.74) is 0.974. The van der Waals surface area contributed by atoms with Crippen LogP contribution in [0, 0.1) is 0 Å². The number of anilines is 1. The number of ether oxygens (including phenoxy) is 1. The molecule has 0 unspecified atom stereocenters. The van der Waals surface area contributed by atoms with E-state index in [1.54, 1.807) is 6.07 Å². The molecule has 7 heteroatoms. The molecule has 5 nitrogen and oxygen atoms in total. The molecule has 2 rings (SSSR count). The van der Waals surface area contributed by atoms with Gasteiger partial charge >= 0.3 is 11.9 Å². The van der Waals surface area contributed by atoms with Crippen molar-refractivity contribution in [2.24, 2.45) is 0 Å². The molecule has 0 fully saturated rings. The summed E-state index contributed by atoms with van der Waals surface area (Å²) in [4.78, 5) is 22.9. The third kappa shape index (κ3) is 2.62. The van der Waals surface area contributed by atoms with Crippen molar-refractivity contribution >= 4 is 40.8 Å². The van der Waals surface area contributed by atoms with E-state index in [0.717, 1.165) is 0 Å². The fourth-order valence-electron chi connectivity index (χ4n) is 2.18. The highest BCUT2D eigenvalue weighted by Gasteiger charge is 2.37. The molecule has 0 amide bonds. The maximum Gasteiger partial charge on any atom is 0.326 e. The Labute approximate surface area is 119 Å². The fraction of sp³-hybridized carbons (Fsp3) is 0.333. The zero-order chi connectivity index (χ0) is 14.2. The molecule has 1 heterocycles. The van der Waals surface area contributed by atoms with Crippen molar-refractivity contribution in [1.82, 2.24) is 0 Å². The summed E-state index contributed by atoms with van der Waals surface area (Å²) in [6.45, 7) is 0. The average molecular weight is 304 g/mol. The van der Waals surface area contributed by atoms with Crippen LogP contribution in [0.15, 0.2) is 12.1 Å². The van der Waals surface area contributed by atoms with Crippen LogP contribution in [0.5, 0.6) is 0 Å². The number of rotatable bonds is 2. The molecule has 1 aromatic carbocycles. The minimum Gasteiger partial charge on any atom is -0.480 e. The second-order valence-electron chi connectivity index (χ2n) is 4.20. The number of methoxy groups -OCH3 is 1. The SMILES string of the molecule is COC(=O)[C@H]1C[C@H](C(=O)O)Nc2cc(Cl)cc(Cl)c21. The number of benzene rings is 1. The van der Waals surface area contributed by atoms with Crippen LogP contribution in [0.25, 0.3) is 0 Å².